The van der Waals surface area contributed by atoms with Crippen molar-refractivity contribution < 1.29 is 9.53 Å². The van der Waals surface area contributed by atoms with E-state index in [9.17, 15) is 4.79 Å². The van der Waals surface area contributed by atoms with E-state index >= 15 is 0 Å². The second kappa shape index (κ2) is 5.76. The highest BCUT2D eigenvalue weighted by atomic mass is 16.5. The number of aromatic nitrogens is 1. The van der Waals surface area contributed by atoms with Gasteiger partial charge in [-0.15, -0.1) is 0 Å². The second-order valence-electron chi connectivity index (χ2n) is 5.40. The summed E-state index contributed by atoms with van der Waals surface area (Å²) >= 11 is 0. The normalized spacial score (nSPS) is 26.2. The van der Waals surface area contributed by atoms with Crippen LogP contribution < -0.4 is 11.1 Å². The lowest BCUT2D eigenvalue weighted by Gasteiger charge is -2.35. The first kappa shape index (κ1) is 13.3. The number of hydrogen-bond acceptors (Lipinski definition) is 5. The third-order valence-electron chi connectivity index (χ3n) is 3.96. The molecule has 3 heterocycles. The molecule has 0 bridgehead atoms. The van der Waals surface area contributed by atoms with Gasteiger partial charge >= 0.3 is 0 Å². The summed E-state index contributed by atoms with van der Waals surface area (Å²) in [6.45, 7) is 3.33. The predicted molar refractivity (Wildman–Crippen MR) is 75.3 cm³/mol. The van der Waals surface area contributed by atoms with E-state index in [0.717, 1.165) is 19.7 Å². The predicted octanol–water partition coefficient (Wildman–Crippen LogP) is 0.257. The molecule has 2 fully saturated rings. The molecule has 2 aliphatic heterocycles. The number of carbonyl (C=O) groups excluding carboxylic acids is 1. The van der Waals surface area contributed by atoms with Gasteiger partial charge in [0, 0.05) is 19.1 Å². The average Bonchev–Trinajstić information content (AvgIpc) is 2.92. The van der Waals surface area contributed by atoms with Crippen molar-refractivity contribution in [3.05, 3.63) is 23.9 Å². The molecule has 6 heteroatoms. The number of ether oxygens (including phenoxy) is 1. The minimum atomic E-state index is -0.204. The van der Waals surface area contributed by atoms with Gasteiger partial charge in [-0.1, -0.05) is 6.07 Å². The number of nitrogens with one attached hydrogen (secondary N) is 1. The van der Waals surface area contributed by atoms with E-state index in [1.807, 2.05) is 0 Å². The zero-order valence-corrected chi connectivity index (χ0v) is 11.4. The quantitative estimate of drug-likeness (QED) is 0.827. The summed E-state index contributed by atoms with van der Waals surface area (Å²) in [6, 6.07) is 5.62. The highest BCUT2D eigenvalue weighted by Gasteiger charge is 2.32. The summed E-state index contributed by atoms with van der Waals surface area (Å²) in [6.07, 6.45) is 2.54. The lowest BCUT2D eigenvalue weighted by atomic mass is 10.2. The number of amides is 1. The molecule has 2 unspecified atom stereocenters. The minimum absolute atomic E-state index is 0.0642. The molecule has 20 heavy (non-hydrogen) atoms. The Morgan fingerprint density at radius 3 is 3.30 bits per heavy atom. The Balaban J connectivity index is 1.51. The Kier molecular flexibility index (Phi) is 3.84. The van der Waals surface area contributed by atoms with Crippen molar-refractivity contribution in [3.8, 4) is 0 Å². The number of anilines is 1. The van der Waals surface area contributed by atoms with E-state index in [0.29, 0.717) is 24.1 Å². The van der Waals surface area contributed by atoms with Crippen molar-refractivity contribution in [3.63, 3.8) is 0 Å². The number of rotatable bonds is 3. The van der Waals surface area contributed by atoms with Crippen LogP contribution in [0.15, 0.2) is 18.2 Å². The standard InChI is InChI=1S/C14H20N4O2/c15-13-5-1-4-12(17-13)14(19)16-7-11-8-18-6-2-3-10(18)9-20-11/h1,4-5,10-11H,2-3,6-9H2,(H2,15,17)(H,16,19). The Hall–Kier alpha value is -1.66. The maximum Gasteiger partial charge on any atom is 0.270 e. The first-order valence-electron chi connectivity index (χ1n) is 7.09. The molecule has 0 aromatic carbocycles. The van der Waals surface area contributed by atoms with Crippen LogP contribution in [0, 0.1) is 0 Å². The third kappa shape index (κ3) is 2.91. The monoisotopic (exact) mass is 276 g/mol. The number of carbonyl (C=O) groups is 1. The Morgan fingerprint density at radius 1 is 1.55 bits per heavy atom. The van der Waals surface area contributed by atoms with Crippen molar-refractivity contribution in [2.45, 2.75) is 25.0 Å². The number of nitrogens with zero attached hydrogens (tertiary/aromatic N) is 2. The van der Waals surface area contributed by atoms with Crippen LogP contribution in [0.4, 0.5) is 5.82 Å². The number of morpholine rings is 1. The molecule has 0 spiro atoms. The van der Waals surface area contributed by atoms with E-state index < -0.39 is 0 Å². The molecule has 6 nitrogen and oxygen atoms in total. The second-order valence-corrected chi connectivity index (χ2v) is 5.40. The number of pyridine rings is 1. The van der Waals surface area contributed by atoms with Crippen molar-refractivity contribution >= 4 is 11.7 Å². The molecule has 1 aromatic rings. The van der Waals surface area contributed by atoms with Gasteiger partial charge in [0.15, 0.2) is 0 Å². The summed E-state index contributed by atoms with van der Waals surface area (Å²) in [5.41, 5.74) is 5.92. The van der Waals surface area contributed by atoms with Gasteiger partial charge in [-0.2, -0.15) is 0 Å². The lowest BCUT2D eigenvalue weighted by molar-refractivity contribution is -0.0462. The fourth-order valence-corrected chi connectivity index (χ4v) is 2.88. The van der Waals surface area contributed by atoms with E-state index in [-0.39, 0.29) is 12.0 Å². The summed E-state index contributed by atoms with van der Waals surface area (Å²) in [7, 11) is 0. The van der Waals surface area contributed by atoms with E-state index in [2.05, 4.69) is 15.2 Å². The molecule has 0 aliphatic carbocycles. The van der Waals surface area contributed by atoms with Gasteiger partial charge in [-0.25, -0.2) is 4.98 Å². The fraction of sp³-hybridized carbons (Fsp3) is 0.571. The average molecular weight is 276 g/mol. The van der Waals surface area contributed by atoms with Crippen LogP contribution in [0.1, 0.15) is 23.3 Å². The molecule has 3 rings (SSSR count). The van der Waals surface area contributed by atoms with Gasteiger partial charge in [-0.05, 0) is 31.5 Å². The molecule has 3 N–H and O–H groups in total. The molecule has 2 saturated heterocycles. The number of nitrogen functional groups attached to an aromatic ring is 1. The molecule has 108 valence electrons. The maximum absolute atomic E-state index is 12.0. The number of nitrogens with two attached hydrogens (primary N) is 1. The molecule has 2 atom stereocenters. The largest absolute Gasteiger partial charge is 0.384 e. The lowest BCUT2D eigenvalue weighted by Crippen LogP contribution is -2.50. The van der Waals surface area contributed by atoms with Crippen LogP contribution in [0.3, 0.4) is 0 Å². The van der Waals surface area contributed by atoms with Crippen LogP contribution in [0.5, 0.6) is 0 Å². The van der Waals surface area contributed by atoms with Crippen LogP contribution in [0.25, 0.3) is 0 Å². The molecular formula is C14H20N4O2. The molecular weight excluding hydrogens is 256 g/mol. The van der Waals surface area contributed by atoms with E-state index in [1.165, 1.54) is 12.8 Å². The maximum atomic E-state index is 12.0. The summed E-state index contributed by atoms with van der Waals surface area (Å²) in [5.74, 6) is 0.149. The minimum Gasteiger partial charge on any atom is -0.384 e. The van der Waals surface area contributed by atoms with Gasteiger partial charge in [0.2, 0.25) is 0 Å². The van der Waals surface area contributed by atoms with Crippen molar-refractivity contribution in [1.82, 2.24) is 15.2 Å². The van der Waals surface area contributed by atoms with Gasteiger partial charge in [0.25, 0.3) is 5.91 Å². The number of hydrogen-bond donors (Lipinski definition) is 2. The van der Waals surface area contributed by atoms with Crippen molar-refractivity contribution in [2.75, 3.05) is 32.0 Å². The van der Waals surface area contributed by atoms with Gasteiger partial charge in [0.1, 0.15) is 11.5 Å². The highest BCUT2D eigenvalue weighted by molar-refractivity contribution is 5.92. The first-order chi connectivity index (χ1) is 9.72. The zero-order chi connectivity index (χ0) is 13.9. The van der Waals surface area contributed by atoms with E-state index in [4.69, 9.17) is 10.5 Å². The first-order valence-corrected chi connectivity index (χ1v) is 7.09. The van der Waals surface area contributed by atoms with Crippen molar-refractivity contribution in [1.29, 1.82) is 0 Å². The van der Waals surface area contributed by atoms with Crippen LogP contribution in [0.2, 0.25) is 0 Å². The summed E-state index contributed by atoms with van der Waals surface area (Å²) < 4.78 is 5.80. The van der Waals surface area contributed by atoms with Gasteiger partial charge in [-0.3, -0.25) is 9.69 Å². The Bertz CT molecular complexity index is 494. The molecule has 2 aliphatic rings. The molecule has 0 saturated carbocycles. The Labute approximate surface area is 118 Å². The molecule has 1 amide bonds. The fourth-order valence-electron chi connectivity index (χ4n) is 2.88. The SMILES string of the molecule is Nc1cccc(C(=O)NCC2CN3CCCC3CO2)n1. The van der Waals surface area contributed by atoms with Crippen LogP contribution in [-0.2, 0) is 4.74 Å². The van der Waals surface area contributed by atoms with Crippen molar-refractivity contribution in [2.24, 2.45) is 0 Å². The van der Waals surface area contributed by atoms with E-state index in [1.54, 1.807) is 18.2 Å². The van der Waals surface area contributed by atoms with Gasteiger partial charge < -0.3 is 15.8 Å². The third-order valence-corrected chi connectivity index (χ3v) is 3.96. The smallest absolute Gasteiger partial charge is 0.270 e. The topological polar surface area (TPSA) is 80.5 Å². The van der Waals surface area contributed by atoms with Crippen LogP contribution >= 0.6 is 0 Å². The summed E-state index contributed by atoms with van der Waals surface area (Å²) in [4.78, 5) is 18.4. The highest BCUT2D eigenvalue weighted by Crippen LogP contribution is 2.22. The Morgan fingerprint density at radius 2 is 2.45 bits per heavy atom. The van der Waals surface area contributed by atoms with Gasteiger partial charge in [0.05, 0.1) is 12.7 Å². The molecule has 0 radical (unpaired) electrons. The number of fused-ring (bicyclic) bond motifs is 1. The zero-order valence-electron chi connectivity index (χ0n) is 11.4. The molecule has 1 aromatic heterocycles. The summed E-state index contributed by atoms with van der Waals surface area (Å²) in [5, 5.41) is 2.87. The van der Waals surface area contributed by atoms with Crippen LogP contribution in [-0.4, -0.2) is 54.2 Å².